The average molecular weight is 324 g/mol. The first-order valence-electron chi connectivity index (χ1n) is 8.66. The van der Waals surface area contributed by atoms with E-state index in [-0.39, 0.29) is 0 Å². The van der Waals surface area contributed by atoms with E-state index in [0.29, 0.717) is 0 Å². The molecule has 0 bridgehead atoms. The predicted molar refractivity (Wildman–Crippen MR) is 94.6 cm³/mol. The van der Waals surface area contributed by atoms with Gasteiger partial charge in [0.1, 0.15) is 17.2 Å². The van der Waals surface area contributed by atoms with Gasteiger partial charge in [0.15, 0.2) is 0 Å². The third-order valence-electron chi connectivity index (χ3n) is 4.82. The summed E-state index contributed by atoms with van der Waals surface area (Å²) in [5.74, 6) is 2.20. The van der Waals surface area contributed by atoms with Gasteiger partial charge in [0.2, 0.25) is 0 Å². The van der Waals surface area contributed by atoms with Crippen molar-refractivity contribution in [1.29, 1.82) is 0 Å². The summed E-state index contributed by atoms with van der Waals surface area (Å²) in [5, 5.41) is 1.19. The summed E-state index contributed by atoms with van der Waals surface area (Å²) in [6, 6.07) is 10.4. The van der Waals surface area contributed by atoms with E-state index in [9.17, 15) is 0 Å². The molecule has 0 amide bonds. The summed E-state index contributed by atoms with van der Waals surface area (Å²) in [4.78, 5) is 9.44. The molecule has 1 fully saturated rings. The molecule has 3 heterocycles. The molecule has 0 unspecified atom stereocenters. The standard InChI is InChI=1S/C19H24N4O/c1-21-10-7-20-19(21)15-23-9-4-8-22(11-12-23)14-17-13-16-5-2-3-6-18(16)24-17/h2-3,5-7,10,13H,4,8-9,11-12,14-15H2,1H3. The number of para-hydroxylation sites is 1. The van der Waals surface area contributed by atoms with Crippen molar-refractivity contribution in [2.75, 3.05) is 26.2 Å². The lowest BCUT2D eigenvalue weighted by atomic mass is 10.2. The van der Waals surface area contributed by atoms with Crippen LogP contribution in [0.25, 0.3) is 11.0 Å². The third-order valence-corrected chi connectivity index (χ3v) is 4.82. The van der Waals surface area contributed by atoms with Gasteiger partial charge in [-0.3, -0.25) is 9.80 Å². The Balaban J connectivity index is 1.37. The van der Waals surface area contributed by atoms with Crippen LogP contribution < -0.4 is 0 Å². The summed E-state index contributed by atoms with van der Waals surface area (Å²) < 4.78 is 8.08. The van der Waals surface area contributed by atoms with Gasteiger partial charge in [0, 0.05) is 37.9 Å². The molecule has 0 N–H and O–H groups in total. The molecule has 1 aliphatic heterocycles. The average Bonchev–Trinajstić information content (AvgIpc) is 3.10. The van der Waals surface area contributed by atoms with Crippen molar-refractivity contribution >= 4 is 11.0 Å². The minimum absolute atomic E-state index is 0.894. The highest BCUT2D eigenvalue weighted by atomic mass is 16.3. The fourth-order valence-electron chi connectivity index (χ4n) is 3.42. The fourth-order valence-corrected chi connectivity index (χ4v) is 3.42. The van der Waals surface area contributed by atoms with Crippen LogP contribution in [0.2, 0.25) is 0 Å². The predicted octanol–water partition coefficient (Wildman–Crippen LogP) is 2.87. The molecular weight excluding hydrogens is 300 g/mol. The second-order valence-electron chi connectivity index (χ2n) is 6.61. The molecule has 126 valence electrons. The van der Waals surface area contributed by atoms with Crippen LogP contribution in [0.4, 0.5) is 0 Å². The summed E-state index contributed by atoms with van der Waals surface area (Å²) >= 11 is 0. The molecule has 1 aromatic carbocycles. The fraction of sp³-hybridized carbons (Fsp3) is 0.421. The zero-order valence-electron chi connectivity index (χ0n) is 14.2. The second-order valence-corrected chi connectivity index (χ2v) is 6.61. The molecule has 3 aromatic rings. The number of hydrogen-bond acceptors (Lipinski definition) is 4. The Morgan fingerprint density at radius 3 is 2.58 bits per heavy atom. The summed E-state index contributed by atoms with van der Waals surface area (Å²) in [7, 11) is 2.06. The van der Waals surface area contributed by atoms with Crippen LogP contribution in [0.3, 0.4) is 0 Å². The lowest BCUT2D eigenvalue weighted by molar-refractivity contribution is 0.232. The Hall–Kier alpha value is -2.11. The van der Waals surface area contributed by atoms with Crippen LogP contribution in [0.15, 0.2) is 47.1 Å². The topological polar surface area (TPSA) is 37.4 Å². The number of rotatable bonds is 4. The van der Waals surface area contributed by atoms with Crippen molar-refractivity contribution < 1.29 is 4.42 Å². The molecule has 0 aliphatic carbocycles. The molecule has 2 aromatic heterocycles. The monoisotopic (exact) mass is 324 g/mol. The molecule has 24 heavy (non-hydrogen) atoms. The van der Waals surface area contributed by atoms with Gasteiger partial charge in [-0.25, -0.2) is 4.98 Å². The molecule has 1 saturated heterocycles. The third kappa shape index (κ3) is 3.37. The van der Waals surface area contributed by atoms with Crippen molar-refractivity contribution in [1.82, 2.24) is 19.4 Å². The van der Waals surface area contributed by atoms with Gasteiger partial charge in [-0.15, -0.1) is 0 Å². The highest BCUT2D eigenvalue weighted by Crippen LogP contribution is 2.20. The minimum Gasteiger partial charge on any atom is -0.460 e. The first-order valence-corrected chi connectivity index (χ1v) is 8.66. The molecule has 0 atom stereocenters. The highest BCUT2D eigenvalue weighted by molar-refractivity contribution is 5.77. The van der Waals surface area contributed by atoms with E-state index in [0.717, 1.165) is 56.4 Å². The Morgan fingerprint density at radius 1 is 1.04 bits per heavy atom. The molecule has 1 aliphatic rings. The molecular formula is C19H24N4O. The number of aromatic nitrogens is 2. The maximum atomic E-state index is 5.97. The van der Waals surface area contributed by atoms with E-state index >= 15 is 0 Å². The van der Waals surface area contributed by atoms with Crippen molar-refractivity contribution in [3.8, 4) is 0 Å². The number of imidazole rings is 1. The van der Waals surface area contributed by atoms with Gasteiger partial charge in [-0.1, -0.05) is 18.2 Å². The van der Waals surface area contributed by atoms with Gasteiger partial charge in [-0.05, 0) is 31.6 Å². The number of aryl methyl sites for hydroxylation is 1. The second kappa shape index (κ2) is 6.79. The van der Waals surface area contributed by atoms with Gasteiger partial charge in [-0.2, -0.15) is 0 Å². The highest BCUT2D eigenvalue weighted by Gasteiger charge is 2.17. The van der Waals surface area contributed by atoms with E-state index in [1.807, 2.05) is 24.5 Å². The summed E-state index contributed by atoms with van der Waals surface area (Å²) in [6.45, 7) is 6.22. The Kier molecular flexibility index (Phi) is 4.36. The van der Waals surface area contributed by atoms with Gasteiger partial charge in [0.05, 0.1) is 13.1 Å². The quantitative estimate of drug-likeness (QED) is 0.739. The first-order chi connectivity index (χ1) is 11.8. The Labute approximate surface area is 142 Å². The normalized spacial score (nSPS) is 17.4. The van der Waals surface area contributed by atoms with E-state index < -0.39 is 0 Å². The number of fused-ring (bicyclic) bond motifs is 1. The van der Waals surface area contributed by atoms with Crippen LogP contribution in [0.1, 0.15) is 18.0 Å². The Morgan fingerprint density at radius 2 is 1.83 bits per heavy atom. The number of nitrogens with zero attached hydrogens (tertiary/aromatic N) is 4. The number of hydrogen-bond donors (Lipinski definition) is 0. The molecule has 5 nitrogen and oxygen atoms in total. The SMILES string of the molecule is Cn1ccnc1CN1CCCN(Cc2cc3ccccc3o2)CC1. The van der Waals surface area contributed by atoms with E-state index in [4.69, 9.17) is 4.42 Å². The van der Waals surface area contributed by atoms with Gasteiger partial charge in [0.25, 0.3) is 0 Å². The maximum Gasteiger partial charge on any atom is 0.134 e. The molecule has 5 heteroatoms. The zero-order chi connectivity index (χ0) is 16.4. The summed E-state index contributed by atoms with van der Waals surface area (Å²) in [6.07, 6.45) is 5.08. The summed E-state index contributed by atoms with van der Waals surface area (Å²) in [5.41, 5.74) is 0.985. The van der Waals surface area contributed by atoms with Gasteiger partial charge < -0.3 is 8.98 Å². The lowest BCUT2D eigenvalue weighted by Gasteiger charge is -2.20. The van der Waals surface area contributed by atoms with E-state index in [1.165, 1.54) is 11.8 Å². The van der Waals surface area contributed by atoms with Crippen molar-refractivity contribution in [2.45, 2.75) is 19.5 Å². The van der Waals surface area contributed by atoms with Gasteiger partial charge >= 0.3 is 0 Å². The van der Waals surface area contributed by atoms with Crippen LogP contribution in [0, 0.1) is 0 Å². The maximum absolute atomic E-state index is 5.97. The largest absolute Gasteiger partial charge is 0.460 e. The van der Waals surface area contributed by atoms with Crippen LogP contribution in [-0.2, 0) is 20.1 Å². The molecule has 0 spiro atoms. The smallest absolute Gasteiger partial charge is 0.134 e. The molecule has 0 radical (unpaired) electrons. The first kappa shape index (κ1) is 15.4. The van der Waals surface area contributed by atoms with E-state index in [1.54, 1.807) is 0 Å². The van der Waals surface area contributed by atoms with Crippen molar-refractivity contribution in [2.24, 2.45) is 7.05 Å². The van der Waals surface area contributed by atoms with Crippen molar-refractivity contribution in [3.05, 3.63) is 54.3 Å². The molecule has 0 saturated carbocycles. The van der Waals surface area contributed by atoms with E-state index in [2.05, 4.69) is 44.6 Å². The Bertz CT molecular complexity index is 773. The van der Waals surface area contributed by atoms with Crippen LogP contribution >= 0.6 is 0 Å². The zero-order valence-corrected chi connectivity index (χ0v) is 14.2. The number of furan rings is 1. The minimum atomic E-state index is 0.894. The van der Waals surface area contributed by atoms with Crippen LogP contribution in [0.5, 0.6) is 0 Å². The molecule has 4 rings (SSSR count). The van der Waals surface area contributed by atoms with Crippen LogP contribution in [-0.4, -0.2) is 45.5 Å². The van der Waals surface area contributed by atoms with Crippen molar-refractivity contribution in [3.63, 3.8) is 0 Å². The number of benzene rings is 1. The lowest BCUT2D eigenvalue weighted by Crippen LogP contribution is -2.30.